The first-order valence-corrected chi connectivity index (χ1v) is 12.5. The number of aromatic nitrogens is 4. The molecule has 2 fully saturated rings. The van der Waals surface area contributed by atoms with Crippen molar-refractivity contribution in [2.45, 2.75) is 82.5 Å². The van der Waals surface area contributed by atoms with E-state index in [9.17, 15) is 5.11 Å². The Balaban J connectivity index is 1.45. The number of fused-ring (bicyclic) bond motifs is 1. The number of para-hydroxylation sites is 1. The van der Waals surface area contributed by atoms with Gasteiger partial charge in [-0.25, -0.2) is 4.98 Å². The molecule has 0 aliphatic heterocycles. The van der Waals surface area contributed by atoms with Crippen LogP contribution in [0.4, 0.5) is 11.8 Å². The summed E-state index contributed by atoms with van der Waals surface area (Å²) in [5.74, 6) is 1.86. The Hall–Kier alpha value is -3.07. The molecule has 9 heteroatoms. The molecule has 2 aromatic heterocycles. The van der Waals surface area contributed by atoms with Crippen LogP contribution < -0.4 is 21.1 Å². The first-order valence-electron chi connectivity index (χ1n) is 12.5. The van der Waals surface area contributed by atoms with Gasteiger partial charge in [0.2, 0.25) is 5.95 Å². The predicted octanol–water partition coefficient (Wildman–Crippen LogP) is 4.34. The Morgan fingerprint density at radius 2 is 1.88 bits per heavy atom. The van der Waals surface area contributed by atoms with Gasteiger partial charge in [0, 0.05) is 30.2 Å². The lowest BCUT2D eigenvalue weighted by molar-refractivity contribution is 0.358. The van der Waals surface area contributed by atoms with Gasteiger partial charge in [-0.05, 0) is 44.6 Å². The average molecular weight is 466 g/mol. The van der Waals surface area contributed by atoms with E-state index in [1.54, 1.807) is 13.2 Å². The predicted molar refractivity (Wildman–Crippen MR) is 133 cm³/mol. The molecule has 5 rings (SSSR count). The summed E-state index contributed by atoms with van der Waals surface area (Å²) in [5, 5.41) is 17.5. The highest BCUT2D eigenvalue weighted by atomic mass is 16.5. The standard InChI is InChI=1S/C25H35N7O2/c1-34-20-9-5-6-16(22(20)33)14-27-23-21-24(32(15-28-21)19-7-3-2-4-8-19)31-25(30-23)29-18-12-10-17(26)11-13-18/h5-6,9,15,17-19,33H,2-4,7-8,10-14,26H2,1H3,(H2,27,29,30,31). The second-order valence-corrected chi connectivity index (χ2v) is 9.59. The monoisotopic (exact) mass is 465 g/mol. The van der Waals surface area contributed by atoms with Crippen LogP contribution in [0.15, 0.2) is 24.5 Å². The number of benzene rings is 1. The highest BCUT2D eigenvalue weighted by Gasteiger charge is 2.23. The lowest BCUT2D eigenvalue weighted by Gasteiger charge is -2.27. The fraction of sp³-hybridized carbons (Fsp3) is 0.560. The molecule has 182 valence electrons. The summed E-state index contributed by atoms with van der Waals surface area (Å²) in [6, 6.07) is 6.51. The van der Waals surface area contributed by atoms with E-state index in [1.165, 1.54) is 19.3 Å². The second kappa shape index (κ2) is 10.0. The van der Waals surface area contributed by atoms with Gasteiger partial charge in [-0.1, -0.05) is 31.4 Å². The van der Waals surface area contributed by atoms with E-state index >= 15 is 0 Å². The Bertz CT molecular complexity index is 1120. The van der Waals surface area contributed by atoms with Gasteiger partial charge in [-0.15, -0.1) is 0 Å². The molecule has 0 atom stereocenters. The molecular weight excluding hydrogens is 430 g/mol. The van der Waals surface area contributed by atoms with E-state index in [0.29, 0.717) is 42.2 Å². The van der Waals surface area contributed by atoms with Crippen molar-refractivity contribution < 1.29 is 9.84 Å². The highest BCUT2D eigenvalue weighted by molar-refractivity contribution is 5.84. The third kappa shape index (κ3) is 4.75. The zero-order valence-corrected chi connectivity index (χ0v) is 19.8. The summed E-state index contributed by atoms with van der Waals surface area (Å²) in [5.41, 5.74) is 8.43. The van der Waals surface area contributed by atoms with E-state index in [1.807, 2.05) is 18.5 Å². The number of phenolic OH excluding ortho intramolecular Hbond substituents is 1. The van der Waals surface area contributed by atoms with Gasteiger partial charge in [0.1, 0.15) is 0 Å². The van der Waals surface area contributed by atoms with Crippen LogP contribution in [-0.4, -0.2) is 43.8 Å². The zero-order chi connectivity index (χ0) is 23.5. The van der Waals surface area contributed by atoms with Crippen molar-refractivity contribution >= 4 is 22.9 Å². The number of hydrogen-bond donors (Lipinski definition) is 4. The number of imidazole rings is 1. The van der Waals surface area contributed by atoms with Gasteiger partial charge < -0.3 is 30.8 Å². The minimum absolute atomic E-state index is 0.132. The number of methoxy groups -OCH3 is 1. The number of rotatable bonds is 7. The molecule has 9 nitrogen and oxygen atoms in total. The molecule has 0 unspecified atom stereocenters. The summed E-state index contributed by atoms with van der Waals surface area (Å²) in [7, 11) is 1.55. The molecule has 0 saturated heterocycles. The Labute approximate surface area is 200 Å². The van der Waals surface area contributed by atoms with Crippen LogP contribution in [0.25, 0.3) is 11.2 Å². The Morgan fingerprint density at radius 3 is 2.65 bits per heavy atom. The molecule has 2 saturated carbocycles. The molecule has 2 heterocycles. The molecule has 2 aliphatic rings. The van der Waals surface area contributed by atoms with Crippen molar-refractivity contribution in [3.8, 4) is 11.5 Å². The molecule has 0 amide bonds. The van der Waals surface area contributed by atoms with Gasteiger partial charge >= 0.3 is 0 Å². The van der Waals surface area contributed by atoms with Crippen LogP contribution in [0.2, 0.25) is 0 Å². The Morgan fingerprint density at radius 1 is 1.09 bits per heavy atom. The first kappa shape index (κ1) is 22.7. The Kier molecular flexibility index (Phi) is 6.71. The van der Waals surface area contributed by atoms with Crippen molar-refractivity contribution in [3.05, 3.63) is 30.1 Å². The minimum Gasteiger partial charge on any atom is -0.504 e. The van der Waals surface area contributed by atoms with Crippen molar-refractivity contribution in [3.63, 3.8) is 0 Å². The third-order valence-corrected chi connectivity index (χ3v) is 7.24. The molecule has 3 aromatic rings. The largest absolute Gasteiger partial charge is 0.504 e. The molecule has 0 radical (unpaired) electrons. The maximum absolute atomic E-state index is 10.5. The number of anilines is 2. The third-order valence-electron chi connectivity index (χ3n) is 7.24. The van der Waals surface area contributed by atoms with E-state index in [2.05, 4.69) is 15.2 Å². The average Bonchev–Trinajstić information content (AvgIpc) is 3.29. The van der Waals surface area contributed by atoms with E-state index in [4.69, 9.17) is 25.4 Å². The number of hydrogen-bond acceptors (Lipinski definition) is 8. The number of aromatic hydroxyl groups is 1. The second-order valence-electron chi connectivity index (χ2n) is 9.59. The van der Waals surface area contributed by atoms with Crippen LogP contribution >= 0.6 is 0 Å². The van der Waals surface area contributed by atoms with Crippen LogP contribution in [0.5, 0.6) is 11.5 Å². The van der Waals surface area contributed by atoms with Gasteiger partial charge in [0.05, 0.1) is 13.4 Å². The van der Waals surface area contributed by atoms with Crippen LogP contribution in [0.1, 0.15) is 69.4 Å². The lowest BCUT2D eigenvalue weighted by Crippen LogP contribution is -2.33. The van der Waals surface area contributed by atoms with Crippen molar-refractivity contribution in [2.75, 3.05) is 17.7 Å². The van der Waals surface area contributed by atoms with Crippen molar-refractivity contribution in [1.29, 1.82) is 0 Å². The number of nitrogens with two attached hydrogens (primary N) is 1. The number of nitrogens with zero attached hydrogens (tertiary/aromatic N) is 4. The SMILES string of the molecule is COc1cccc(CNc2nc(NC3CCC(N)CC3)nc3c2ncn3C2CCCCC2)c1O. The molecule has 34 heavy (non-hydrogen) atoms. The van der Waals surface area contributed by atoms with E-state index in [0.717, 1.165) is 55.3 Å². The normalized spacial score (nSPS) is 21.5. The molecular formula is C25H35N7O2. The maximum atomic E-state index is 10.5. The van der Waals surface area contributed by atoms with Crippen LogP contribution in [-0.2, 0) is 6.54 Å². The first-order chi connectivity index (χ1) is 16.6. The quantitative estimate of drug-likeness (QED) is 0.406. The minimum atomic E-state index is 0.132. The highest BCUT2D eigenvalue weighted by Crippen LogP contribution is 2.33. The van der Waals surface area contributed by atoms with Gasteiger partial charge in [-0.3, -0.25) is 0 Å². The molecule has 0 bridgehead atoms. The molecule has 5 N–H and O–H groups in total. The lowest BCUT2D eigenvalue weighted by atomic mass is 9.92. The van der Waals surface area contributed by atoms with Crippen LogP contribution in [0, 0.1) is 0 Å². The maximum Gasteiger partial charge on any atom is 0.227 e. The van der Waals surface area contributed by atoms with Crippen LogP contribution in [0.3, 0.4) is 0 Å². The summed E-state index contributed by atoms with van der Waals surface area (Å²) in [6.07, 6.45) is 12.1. The van der Waals surface area contributed by atoms with Gasteiger partial charge in [-0.2, -0.15) is 9.97 Å². The number of phenols is 1. The van der Waals surface area contributed by atoms with Crippen molar-refractivity contribution in [1.82, 2.24) is 19.5 Å². The molecule has 0 spiro atoms. The smallest absolute Gasteiger partial charge is 0.227 e. The van der Waals surface area contributed by atoms with E-state index in [-0.39, 0.29) is 5.75 Å². The van der Waals surface area contributed by atoms with Gasteiger partial charge in [0.25, 0.3) is 0 Å². The summed E-state index contributed by atoms with van der Waals surface area (Å²) in [6.45, 7) is 0.392. The number of nitrogens with one attached hydrogen (secondary N) is 2. The van der Waals surface area contributed by atoms with E-state index < -0.39 is 0 Å². The fourth-order valence-corrected chi connectivity index (χ4v) is 5.23. The molecule has 2 aliphatic carbocycles. The summed E-state index contributed by atoms with van der Waals surface area (Å²) >= 11 is 0. The zero-order valence-electron chi connectivity index (χ0n) is 19.8. The number of ether oxygens (including phenoxy) is 1. The molecule has 1 aromatic carbocycles. The fourth-order valence-electron chi connectivity index (χ4n) is 5.23. The summed E-state index contributed by atoms with van der Waals surface area (Å²) in [4.78, 5) is 14.4. The summed E-state index contributed by atoms with van der Waals surface area (Å²) < 4.78 is 7.48. The van der Waals surface area contributed by atoms with Crippen molar-refractivity contribution in [2.24, 2.45) is 5.73 Å². The topological polar surface area (TPSA) is 123 Å². The van der Waals surface area contributed by atoms with Gasteiger partial charge in [0.15, 0.2) is 28.5 Å².